The molecule has 0 radical (unpaired) electrons. The fourth-order valence-electron chi connectivity index (χ4n) is 1.36. The number of amides is 2. The largest absolute Gasteiger partial charge is 0.449 e. The predicted molar refractivity (Wildman–Crippen MR) is 71.6 cm³/mol. The lowest BCUT2D eigenvalue weighted by atomic mass is 10.1. The van der Waals surface area contributed by atoms with Gasteiger partial charge in [-0.2, -0.15) is 0 Å². The minimum Gasteiger partial charge on any atom is -0.449 e. The average Bonchev–Trinajstić information content (AvgIpc) is 2.32. The van der Waals surface area contributed by atoms with Gasteiger partial charge < -0.3 is 20.2 Å². The summed E-state index contributed by atoms with van der Waals surface area (Å²) in [5, 5.41) is 4.87. The normalized spacial score (nSPS) is 12.1. The molecule has 0 fully saturated rings. The van der Waals surface area contributed by atoms with Gasteiger partial charge in [0.05, 0.1) is 12.6 Å². The molecule has 0 aromatic heterocycles. The van der Waals surface area contributed by atoms with Crippen LogP contribution < -0.4 is 10.6 Å². The van der Waals surface area contributed by atoms with Gasteiger partial charge in [-0.3, -0.25) is 4.79 Å². The van der Waals surface area contributed by atoms with Gasteiger partial charge in [0, 0.05) is 0 Å². The van der Waals surface area contributed by atoms with Gasteiger partial charge in [-0.1, -0.05) is 27.7 Å². The monoisotopic (exact) mass is 272 g/mol. The smallest absolute Gasteiger partial charge is 0.407 e. The number of hydrogen-bond donors (Lipinski definition) is 2. The van der Waals surface area contributed by atoms with Crippen molar-refractivity contribution in [2.75, 3.05) is 13.2 Å². The van der Waals surface area contributed by atoms with Gasteiger partial charge in [0.25, 0.3) is 0 Å². The molecule has 0 aliphatic carbocycles. The maximum absolute atomic E-state index is 11.5. The number of alkyl carbamates (subject to hydrolysis) is 1. The van der Waals surface area contributed by atoms with Crippen LogP contribution in [0.1, 0.15) is 34.1 Å². The summed E-state index contributed by atoms with van der Waals surface area (Å²) in [5.41, 5.74) is 0. The minimum atomic E-state index is -0.629. The molecule has 0 bridgehead atoms. The van der Waals surface area contributed by atoms with Gasteiger partial charge in [0.1, 0.15) is 12.8 Å². The van der Waals surface area contributed by atoms with E-state index in [0.29, 0.717) is 25.2 Å². The number of carbonyl (C=O) groups is 3. The SMILES string of the molecule is CC(C)COC(=O)NCC(=O)N[C@H](C=O)CC(C)C. The van der Waals surface area contributed by atoms with E-state index in [1.807, 2.05) is 27.7 Å². The Hall–Kier alpha value is -1.59. The fourth-order valence-corrected chi connectivity index (χ4v) is 1.36. The third kappa shape index (κ3) is 10.1. The molecular weight excluding hydrogens is 248 g/mol. The lowest BCUT2D eigenvalue weighted by molar-refractivity contribution is -0.123. The van der Waals surface area contributed by atoms with Crippen molar-refractivity contribution in [3.05, 3.63) is 0 Å². The van der Waals surface area contributed by atoms with Gasteiger partial charge in [0.15, 0.2) is 0 Å². The van der Waals surface area contributed by atoms with E-state index in [1.54, 1.807) is 0 Å². The van der Waals surface area contributed by atoms with Gasteiger partial charge in [-0.25, -0.2) is 4.79 Å². The molecule has 2 N–H and O–H groups in total. The number of nitrogens with one attached hydrogen (secondary N) is 2. The Morgan fingerprint density at radius 2 is 1.79 bits per heavy atom. The Kier molecular flexibility index (Phi) is 8.57. The number of aldehydes is 1. The van der Waals surface area contributed by atoms with E-state index in [9.17, 15) is 14.4 Å². The maximum Gasteiger partial charge on any atom is 0.407 e. The molecule has 0 unspecified atom stereocenters. The molecule has 0 saturated carbocycles. The average molecular weight is 272 g/mol. The van der Waals surface area contributed by atoms with Crippen LogP contribution in [0.5, 0.6) is 0 Å². The molecular formula is C13H24N2O4. The van der Waals surface area contributed by atoms with Crippen LogP contribution in [0.15, 0.2) is 0 Å². The molecule has 0 heterocycles. The summed E-state index contributed by atoms with van der Waals surface area (Å²) in [7, 11) is 0. The highest BCUT2D eigenvalue weighted by atomic mass is 16.5. The van der Waals surface area contributed by atoms with Crippen LogP contribution in [0.3, 0.4) is 0 Å². The molecule has 0 spiro atoms. The van der Waals surface area contributed by atoms with E-state index < -0.39 is 18.0 Å². The summed E-state index contributed by atoms with van der Waals surface area (Å²) in [6.45, 7) is 7.87. The topological polar surface area (TPSA) is 84.5 Å². The summed E-state index contributed by atoms with van der Waals surface area (Å²) in [6, 6.07) is -0.513. The molecule has 0 saturated heterocycles. The number of hydrogen-bond acceptors (Lipinski definition) is 4. The molecule has 19 heavy (non-hydrogen) atoms. The van der Waals surface area contributed by atoms with Crippen LogP contribution >= 0.6 is 0 Å². The van der Waals surface area contributed by atoms with Crippen molar-refractivity contribution in [1.82, 2.24) is 10.6 Å². The zero-order chi connectivity index (χ0) is 14.8. The van der Waals surface area contributed by atoms with Crippen molar-refractivity contribution < 1.29 is 19.1 Å². The molecule has 0 aliphatic rings. The third-order valence-electron chi connectivity index (χ3n) is 2.18. The van der Waals surface area contributed by atoms with Crippen LogP contribution in [-0.2, 0) is 14.3 Å². The highest BCUT2D eigenvalue weighted by Crippen LogP contribution is 2.02. The highest BCUT2D eigenvalue weighted by Gasteiger charge is 2.13. The summed E-state index contributed by atoms with van der Waals surface area (Å²) >= 11 is 0. The van der Waals surface area contributed by atoms with Crippen LogP contribution in [0, 0.1) is 11.8 Å². The summed E-state index contributed by atoms with van der Waals surface area (Å²) in [6.07, 6.45) is 0.650. The van der Waals surface area contributed by atoms with E-state index >= 15 is 0 Å². The van der Waals surface area contributed by atoms with Crippen molar-refractivity contribution in [2.45, 2.75) is 40.2 Å². The molecule has 6 nitrogen and oxygen atoms in total. The van der Waals surface area contributed by atoms with Crippen LogP contribution in [0.25, 0.3) is 0 Å². The molecule has 110 valence electrons. The molecule has 6 heteroatoms. The van der Waals surface area contributed by atoms with E-state index in [-0.39, 0.29) is 12.5 Å². The van der Waals surface area contributed by atoms with Gasteiger partial charge in [0.2, 0.25) is 5.91 Å². The lowest BCUT2D eigenvalue weighted by Crippen LogP contribution is -2.43. The summed E-state index contributed by atoms with van der Waals surface area (Å²) in [5.74, 6) is 0.142. The minimum absolute atomic E-state index is 0.195. The Labute approximate surface area is 114 Å². The second-order valence-electron chi connectivity index (χ2n) is 5.29. The van der Waals surface area contributed by atoms with Gasteiger partial charge in [-0.05, 0) is 18.3 Å². The van der Waals surface area contributed by atoms with Crippen molar-refractivity contribution in [3.63, 3.8) is 0 Å². The fraction of sp³-hybridized carbons (Fsp3) is 0.769. The Bertz CT molecular complexity index is 303. The zero-order valence-corrected chi connectivity index (χ0v) is 12.1. The highest BCUT2D eigenvalue weighted by molar-refractivity contribution is 5.84. The first-order valence-corrected chi connectivity index (χ1v) is 6.50. The van der Waals surface area contributed by atoms with Gasteiger partial charge >= 0.3 is 6.09 Å². The maximum atomic E-state index is 11.5. The summed E-state index contributed by atoms with van der Waals surface area (Å²) < 4.78 is 4.85. The van der Waals surface area contributed by atoms with Crippen molar-refractivity contribution >= 4 is 18.3 Å². The molecule has 0 aliphatic heterocycles. The third-order valence-corrected chi connectivity index (χ3v) is 2.18. The van der Waals surface area contributed by atoms with Crippen LogP contribution in [0.4, 0.5) is 4.79 Å². The first kappa shape index (κ1) is 17.4. The lowest BCUT2D eigenvalue weighted by Gasteiger charge is -2.15. The van der Waals surface area contributed by atoms with Crippen LogP contribution in [0.2, 0.25) is 0 Å². The second kappa shape index (κ2) is 9.35. The van der Waals surface area contributed by atoms with Crippen molar-refractivity contribution in [2.24, 2.45) is 11.8 Å². The number of ether oxygens (including phenoxy) is 1. The molecule has 0 aromatic rings. The molecule has 2 amide bonds. The zero-order valence-electron chi connectivity index (χ0n) is 12.1. The van der Waals surface area contributed by atoms with E-state index in [2.05, 4.69) is 10.6 Å². The second-order valence-corrected chi connectivity index (χ2v) is 5.29. The van der Waals surface area contributed by atoms with Crippen LogP contribution in [-0.4, -0.2) is 37.5 Å². The Balaban J connectivity index is 3.90. The number of carbonyl (C=O) groups excluding carboxylic acids is 3. The van der Waals surface area contributed by atoms with E-state index in [0.717, 1.165) is 0 Å². The Morgan fingerprint density at radius 3 is 2.26 bits per heavy atom. The van der Waals surface area contributed by atoms with Gasteiger partial charge in [-0.15, -0.1) is 0 Å². The molecule has 0 rings (SSSR count). The van der Waals surface area contributed by atoms with E-state index in [1.165, 1.54) is 0 Å². The molecule has 0 aromatic carbocycles. The standard InChI is InChI=1S/C13H24N2O4/c1-9(2)5-11(7-16)15-12(17)6-14-13(18)19-8-10(3)4/h7,9-11H,5-6,8H2,1-4H3,(H,14,18)(H,15,17)/t11-/m0/s1. The van der Waals surface area contributed by atoms with E-state index in [4.69, 9.17) is 4.74 Å². The Morgan fingerprint density at radius 1 is 1.16 bits per heavy atom. The quantitative estimate of drug-likeness (QED) is 0.648. The predicted octanol–water partition coefficient (Wildman–Crippen LogP) is 1.10. The first-order valence-electron chi connectivity index (χ1n) is 6.50. The first-order chi connectivity index (χ1) is 8.85. The van der Waals surface area contributed by atoms with Crippen molar-refractivity contribution in [1.29, 1.82) is 0 Å². The summed E-state index contributed by atoms with van der Waals surface area (Å²) in [4.78, 5) is 33.5. The molecule has 1 atom stereocenters. The van der Waals surface area contributed by atoms with Crippen molar-refractivity contribution in [3.8, 4) is 0 Å². The number of rotatable bonds is 8.